The second-order valence-corrected chi connectivity index (χ2v) is 4.15. The topological polar surface area (TPSA) is 86.8 Å². The zero-order valence-corrected chi connectivity index (χ0v) is 10.6. The normalized spacial score (nSPS) is 11.8. The van der Waals surface area contributed by atoms with Gasteiger partial charge in [-0.2, -0.15) is 5.26 Å². The maximum absolute atomic E-state index is 9.23. The van der Waals surface area contributed by atoms with Crippen LogP contribution >= 0.6 is 0 Å². The van der Waals surface area contributed by atoms with Crippen LogP contribution in [0.25, 0.3) is 0 Å². The van der Waals surface area contributed by atoms with Gasteiger partial charge in [0, 0.05) is 5.69 Å². The third-order valence-corrected chi connectivity index (χ3v) is 2.76. The van der Waals surface area contributed by atoms with Crippen molar-refractivity contribution in [2.45, 2.75) is 19.5 Å². The summed E-state index contributed by atoms with van der Waals surface area (Å²) in [5.74, 6) is 0. The van der Waals surface area contributed by atoms with Crippen LogP contribution in [0.4, 0.5) is 5.69 Å². The molecule has 1 aromatic heterocycles. The molecule has 0 saturated heterocycles. The van der Waals surface area contributed by atoms with Gasteiger partial charge in [-0.3, -0.25) is 0 Å². The van der Waals surface area contributed by atoms with E-state index < -0.39 is 6.04 Å². The maximum Gasteiger partial charge on any atom is 0.160 e. The number of nitriles is 1. The molecule has 1 unspecified atom stereocenters. The van der Waals surface area contributed by atoms with Gasteiger partial charge >= 0.3 is 0 Å². The van der Waals surface area contributed by atoms with Crippen molar-refractivity contribution < 1.29 is 5.11 Å². The Morgan fingerprint density at radius 1 is 1.47 bits per heavy atom. The number of hydrogen-bond donors (Lipinski definition) is 2. The number of aryl methyl sites for hydroxylation is 1. The Labute approximate surface area is 111 Å². The molecule has 2 aromatic rings. The van der Waals surface area contributed by atoms with E-state index in [1.165, 1.54) is 4.68 Å². The van der Waals surface area contributed by atoms with Crippen molar-refractivity contribution >= 4 is 5.69 Å². The number of hydrogen-bond acceptors (Lipinski definition) is 5. The van der Waals surface area contributed by atoms with Gasteiger partial charge in [0.1, 0.15) is 5.69 Å². The predicted molar refractivity (Wildman–Crippen MR) is 70.3 cm³/mol. The number of nitrogens with zero attached hydrogens (tertiary/aromatic N) is 4. The summed E-state index contributed by atoms with van der Waals surface area (Å²) in [6.07, 6.45) is 1.66. The second-order valence-electron chi connectivity index (χ2n) is 4.15. The SMILES string of the molecule is Cc1ccccc1NC(C#N)c1cn(CCO)nn1. The molecular weight excluding hydrogens is 242 g/mol. The lowest BCUT2D eigenvalue weighted by molar-refractivity contribution is 0.268. The Bertz CT molecular complexity index is 587. The molecule has 0 radical (unpaired) electrons. The van der Waals surface area contributed by atoms with Crippen LogP contribution in [0.5, 0.6) is 0 Å². The minimum absolute atomic E-state index is 0.00869. The smallest absolute Gasteiger partial charge is 0.160 e. The van der Waals surface area contributed by atoms with Crippen molar-refractivity contribution in [3.05, 3.63) is 41.7 Å². The molecule has 6 heteroatoms. The number of nitrogens with one attached hydrogen (secondary N) is 1. The monoisotopic (exact) mass is 257 g/mol. The molecule has 0 bridgehead atoms. The highest BCUT2D eigenvalue weighted by Gasteiger charge is 2.15. The third kappa shape index (κ3) is 3.09. The molecule has 0 saturated carbocycles. The van der Waals surface area contributed by atoms with Gasteiger partial charge in [-0.1, -0.05) is 23.4 Å². The average Bonchev–Trinajstić information content (AvgIpc) is 2.87. The predicted octanol–water partition coefficient (Wildman–Crippen LogP) is 1.26. The highest BCUT2D eigenvalue weighted by atomic mass is 16.3. The molecule has 2 rings (SSSR count). The second kappa shape index (κ2) is 5.98. The summed E-state index contributed by atoms with van der Waals surface area (Å²) in [5, 5.41) is 29.0. The molecule has 2 N–H and O–H groups in total. The Hall–Kier alpha value is -2.39. The molecule has 1 atom stereocenters. The lowest BCUT2D eigenvalue weighted by Crippen LogP contribution is -2.10. The van der Waals surface area contributed by atoms with Crippen LogP contribution in [0.1, 0.15) is 17.3 Å². The quantitative estimate of drug-likeness (QED) is 0.842. The van der Waals surface area contributed by atoms with Crippen LogP contribution in [0, 0.1) is 18.3 Å². The van der Waals surface area contributed by atoms with Crippen molar-refractivity contribution in [3.8, 4) is 6.07 Å². The lowest BCUT2D eigenvalue weighted by Gasteiger charge is -2.12. The first-order chi connectivity index (χ1) is 9.24. The summed E-state index contributed by atoms with van der Waals surface area (Å²) in [4.78, 5) is 0. The molecule has 6 nitrogen and oxygen atoms in total. The van der Waals surface area contributed by atoms with Crippen molar-refractivity contribution in [1.29, 1.82) is 5.26 Å². The summed E-state index contributed by atoms with van der Waals surface area (Å²) in [6.45, 7) is 2.33. The van der Waals surface area contributed by atoms with Crippen molar-refractivity contribution in [1.82, 2.24) is 15.0 Å². The zero-order chi connectivity index (χ0) is 13.7. The molecule has 0 aliphatic carbocycles. The number of para-hydroxylation sites is 1. The van der Waals surface area contributed by atoms with Gasteiger partial charge in [0.15, 0.2) is 6.04 Å². The van der Waals surface area contributed by atoms with E-state index in [-0.39, 0.29) is 6.61 Å². The van der Waals surface area contributed by atoms with Crippen LogP contribution in [-0.4, -0.2) is 26.7 Å². The first-order valence-corrected chi connectivity index (χ1v) is 5.97. The number of aliphatic hydroxyl groups excluding tert-OH is 1. The van der Waals surface area contributed by atoms with E-state index in [0.717, 1.165) is 11.3 Å². The first-order valence-electron chi connectivity index (χ1n) is 5.97. The fraction of sp³-hybridized carbons (Fsp3) is 0.308. The van der Waals surface area contributed by atoms with Gasteiger partial charge in [-0.15, -0.1) is 5.10 Å². The number of benzene rings is 1. The zero-order valence-electron chi connectivity index (χ0n) is 10.6. The number of anilines is 1. The number of aromatic nitrogens is 3. The Morgan fingerprint density at radius 2 is 2.26 bits per heavy atom. The molecule has 0 aliphatic heterocycles. The fourth-order valence-electron chi connectivity index (χ4n) is 1.72. The fourth-order valence-corrected chi connectivity index (χ4v) is 1.72. The Kier molecular flexibility index (Phi) is 4.11. The average molecular weight is 257 g/mol. The third-order valence-electron chi connectivity index (χ3n) is 2.76. The minimum Gasteiger partial charge on any atom is -0.394 e. The lowest BCUT2D eigenvalue weighted by atomic mass is 10.1. The van der Waals surface area contributed by atoms with E-state index in [4.69, 9.17) is 5.11 Å². The van der Waals surface area contributed by atoms with Gasteiger partial charge in [0.05, 0.1) is 25.4 Å². The van der Waals surface area contributed by atoms with E-state index in [9.17, 15) is 5.26 Å². The number of rotatable bonds is 5. The van der Waals surface area contributed by atoms with Crippen molar-refractivity contribution in [2.75, 3.05) is 11.9 Å². The molecule has 0 aliphatic rings. The van der Waals surface area contributed by atoms with Gasteiger partial charge < -0.3 is 10.4 Å². The van der Waals surface area contributed by atoms with Crippen molar-refractivity contribution in [2.24, 2.45) is 0 Å². The van der Waals surface area contributed by atoms with E-state index in [1.54, 1.807) is 6.20 Å². The van der Waals surface area contributed by atoms with Gasteiger partial charge in [0.25, 0.3) is 0 Å². The Balaban J connectivity index is 2.16. The summed E-state index contributed by atoms with van der Waals surface area (Å²) < 4.78 is 1.51. The molecule has 0 fully saturated rings. The standard InChI is InChI=1S/C13H15N5O/c1-10-4-2-3-5-11(10)15-12(8-14)13-9-18(6-7-19)17-16-13/h2-5,9,12,15,19H,6-7H2,1H3. The van der Waals surface area contributed by atoms with Gasteiger partial charge in [0.2, 0.25) is 0 Å². The Morgan fingerprint density at radius 3 is 2.95 bits per heavy atom. The molecular formula is C13H15N5O. The van der Waals surface area contributed by atoms with E-state index >= 15 is 0 Å². The molecule has 98 valence electrons. The highest BCUT2D eigenvalue weighted by Crippen LogP contribution is 2.20. The van der Waals surface area contributed by atoms with Crippen LogP contribution in [0.2, 0.25) is 0 Å². The van der Waals surface area contributed by atoms with E-state index in [0.29, 0.717) is 12.2 Å². The van der Waals surface area contributed by atoms with Crippen LogP contribution in [-0.2, 0) is 6.54 Å². The minimum atomic E-state index is -0.562. The molecule has 19 heavy (non-hydrogen) atoms. The molecule has 1 aromatic carbocycles. The van der Waals surface area contributed by atoms with Crippen LogP contribution in [0.3, 0.4) is 0 Å². The molecule has 0 spiro atoms. The maximum atomic E-state index is 9.23. The van der Waals surface area contributed by atoms with E-state index in [2.05, 4.69) is 21.7 Å². The van der Waals surface area contributed by atoms with Crippen LogP contribution < -0.4 is 5.32 Å². The van der Waals surface area contributed by atoms with Gasteiger partial charge in [-0.05, 0) is 18.6 Å². The van der Waals surface area contributed by atoms with Gasteiger partial charge in [-0.25, -0.2) is 4.68 Å². The molecule has 0 amide bonds. The number of aliphatic hydroxyl groups is 1. The van der Waals surface area contributed by atoms with Crippen LogP contribution in [0.15, 0.2) is 30.5 Å². The van der Waals surface area contributed by atoms with E-state index in [1.807, 2.05) is 31.2 Å². The molecule has 1 heterocycles. The summed E-state index contributed by atoms with van der Waals surface area (Å²) in [7, 11) is 0. The summed E-state index contributed by atoms with van der Waals surface area (Å²) >= 11 is 0. The summed E-state index contributed by atoms with van der Waals surface area (Å²) in [6, 6.07) is 9.34. The van der Waals surface area contributed by atoms with Crippen molar-refractivity contribution in [3.63, 3.8) is 0 Å². The first kappa shape index (κ1) is 13.1. The largest absolute Gasteiger partial charge is 0.394 e. The highest BCUT2D eigenvalue weighted by molar-refractivity contribution is 5.52. The summed E-state index contributed by atoms with van der Waals surface area (Å²) in [5.41, 5.74) is 2.50.